The SMILES string of the molecule is Cc1cccc(C2C(=O)N=C(C(N)C3CC3)NC2=O)c1. The summed E-state index contributed by atoms with van der Waals surface area (Å²) >= 11 is 0. The summed E-state index contributed by atoms with van der Waals surface area (Å²) in [5, 5.41) is 2.70. The van der Waals surface area contributed by atoms with E-state index in [1.807, 2.05) is 25.1 Å². The maximum atomic E-state index is 12.2. The number of nitrogens with two attached hydrogens (primary N) is 1. The summed E-state index contributed by atoms with van der Waals surface area (Å²) in [4.78, 5) is 28.4. The van der Waals surface area contributed by atoms with Gasteiger partial charge in [0.25, 0.3) is 5.91 Å². The molecule has 5 heteroatoms. The van der Waals surface area contributed by atoms with E-state index in [1.165, 1.54) is 0 Å². The summed E-state index contributed by atoms with van der Waals surface area (Å²) in [5.41, 5.74) is 7.67. The molecule has 1 saturated carbocycles. The minimum absolute atomic E-state index is 0.325. The number of amidine groups is 1. The highest BCUT2D eigenvalue weighted by molar-refractivity contribution is 6.20. The highest BCUT2D eigenvalue weighted by Gasteiger charge is 2.39. The van der Waals surface area contributed by atoms with Crippen LogP contribution >= 0.6 is 0 Å². The Hall–Kier alpha value is -2.01. The fourth-order valence-corrected chi connectivity index (χ4v) is 2.50. The van der Waals surface area contributed by atoms with Crippen molar-refractivity contribution in [2.75, 3.05) is 0 Å². The maximum absolute atomic E-state index is 12.2. The number of nitrogens with zero attached hydrogens (tertiary/aromatic N) is 1. The summed E-state index contributed by atoms with van der Waals surface area (Å²) in [6.45, 7) is 1.92. The van der Waals surface area contributed by atoms with Gasteiger partial charge in [-0.05, 0) is 31.2 Å². The van der Waals surface area contributed by atoms with Crippen molar-refractivity contribution in [3.63, 3.8) is 0 Å². The van der Waals surface area contributed by atoms with E-state index in [-0.39, 0.29) is 11.9 Å². The number of nitrogens with one attached hydrogen (secondary N) is 1. The second-order valence-electron chi connectivity index (χ2n) is 5.53. The van der Waals surface area contributed by atoms with Gasteiger partial charge < -0.3 is 11.1 Å². The first kappa shape index (κ1) is 13.0. The first-order valence-corrected chi connectivity index (χ1v) is 6.81. The quantitative estimate of drug-likeness (QED) is 0.800. The third-order valence-electron chi connectivity index (χ3n) is 3.81. The van der Waals surface area contributed by atoms with Gasteiger partial charge >= 0.3 is 0 Å². The molecule has 0 saturated heterocycles. The predicted molar refractivity (Wildman–Crippen MR) is 75.2 cm³/mol. The molecule has 1 heterocycles. The van der Waals surface area contributed by atoms with Crippen LogP contribution in [0.15, 0.2) is 29.3 Å². The lowest BCUT2D eigenvalue weighted by atomic mass is 9.94. The number of aliphatic imine (C=N–C) groups is 1. The van der Waals surface area contributed by atoms with Crippen LogP contribution in [0, 0.1) is 12.8 Å². The number of hydrogen-bond donors (Lipinski definition) is 2. The van der Waals surface area contributed by atoms with Gasteiger partial charge in [0, 0.05) is 0 Å². The van der Waals surface area contributed by atoms with Crippen molar-refractivity contribution in [3.05, 3.63) is 35.4 Å². The molecule has 0 aromatic heterocycles. The molecule has 1 aliphatic carbocycles. The van der Waals surface area contributed by atoms with Crippen molar-refractivity contribution < 1.29 is 9.59 Å². The number of amides is 2. The number of rotatable bonds is 3. The molecule has 1 fully saturated rings. The minimum Gasteiger partial charge on any atom is -0.321 e. The highest BCUT2D eigenvalue weighted by atomic mass is 16.2. The monoisotopic (exact) mass is 271 g/mol. The van der Waals surface area contributed by atoms with Crippen molar-refractivity contribution in [1.82, 2.24) is 5.32 Å². The summed E-state index contributed by atoms with van der Waals surface area (Å²) in [5.74, 6) is -0.944. The number of carbonyl (C=O) groups excluding carboxylic acids is 2. The van der Waals surface area contributed by atoms with Crippen LogP contribution in [0.3, 0.4) is 0 Å². The van der Waals surface area contributed by atoms with Crippen molar-refractivity contribution in [3.8, 4) is 0 Å². The Kier molecular flexibility index (Phi) is 3.14. The van der Waals surface area contributed by atoms with E-state index < -0.39 is 11.8 Å². The molecule has 104 valence electrons. The van der Waals surface area contributed by atoms with Crippen molar-refractivity contribution in [1.29, 1.82) is 0 Å². The Bertz CT molecular complexity index is 605. The standard InChI is InChI=1S/C15H17N3O2/c1-8-3-2-4-10(7-8)11-14(19)17-13(18-15(11)20)12(16)9-5-6-9/h2-4,7,9,11-12H,5-6,16H2,1H3,(H,17,18,19,20). The number of carbonyl (C=O) groups is 2. The topological polar surface area (TPSA) is 84.6 Å². The average Bonchev–Trinajstić information content (AvgIpc) is 3.21. The van der Waals surface area contributed by atoms with Crippen molar-refractivity contribution in [2.24, 2.45) is 16.6 Å². The summed E-state index contributed by atoms with van der Waals surface area (Å²) in [7, 11) is 0. The van der Waals surface area contributed by atoms with Gasteiger partial charge in [-0.15, -0.1) is 0 Å². The van der Waals surface area contributed by atoms with E-state index in [4.69, 9.17) is 5.73 Å². The summed E-state index contributed by atoms with van der Waals surface area (Å²) < 4.78 is 0. The van der Waals surface area contributed by atoms with Gasteiger partial charge in [0.1, 0.15) is 11.8 Å². The summed E-state index contributed by atoms with van der Waals surface area (Å²) in [6.07, 6.45) is 2.07. The van der Waals surface area contributed by atoms with Crippen molar-refractivity contribution in [2.45, 2.75) is 31.7 Å². The van der Waals surface area contributed by atoms with E-state index >= 15 is 0 Å². The third-order valence-corrected chi connectivity index (χ3v) is 3.81. The molecule has 20 heavy (non-hydrogen) atoms. The smallest absolute Gasteiger partial charge is 0.264 e. The van der Waals surface area contributed by atoms with Crippen LogP contribution in [-0.2, 0) is 9.59 Å². The van der Waals surface area contributed by atoms with Crippen molar-refractivity contribution >= 4 is 17.6 Å². The fraction of sp³-hybridized carbons (Fsp3) is 0.400. The van der Waals surface area contributed by atoms with Gasteiger partial charge in [0.05, 0.1) is 6.04 Å². The molecule has 5 nitrogen and oxygen atoms in total. The zero-order valence-corrected chi connectivity index (χ0v) is 11.3. The van der Waals surface area contributed by atoms with E-state index in [0.29, 0.717) is 17.3 Å². The van der Waals surface area contributed by atoms with Crippen LogP contribution in [0.2, 0.25) is 0 Å². The first-order chi connectivity index (χ1) is 9.56. The fourth-order valence-electron chi connectivity index (χ4n) is 2.50. The molecule has 1 aromatic carbocycles. The van der Waals surface area contributed by atoms with Gasteiger partial charge in [0.2, 0.25) is 5.91 Å². The zero-order valence-electron chi connectivity index (χ0n) is 11.3. The molecule has 0 bridgehead atoms. The zero-order chi connectivity index (χ0) is 14.3. The first-order valence-electron chi connectivity index (χ1n) is 6.81. The minimum atomic E-state index is -0.856. The highest BCUT2D eigenvalue weighted by Crippen LogP contribution is 2.32. The van der Waals surface area contributed by atoms with Crippen LogP contribution in [0.4, 0.5) is 0 Å². The molecule has 2 amide bonds. The normalized spacial score (nSPS) is 24.1. The Labute approximate surface area is 117 Å². The number of benzene rings is 1. The molecular weight excluding hydrogens is 254 g/mol. The van der Waals surface area contributed by atoms with E-state index in [2.05, 4.69) is 10.3 Å². The predicted octanol–water partition coefficient (Wildman–Crippen LogP) is 0.871. The lowest BCUT2D eigenvalue weighted by molar-refractivity contribution is -0.129. The van der Waals surface area contributed by atoms with E-state index in [1.54, 1.807) is 6.07 Å². The molecule has 3 rings (SSSR count). The van der Waals surface area contributed by atoms with Crippen LogP contribution in [0.25, 0.3) is 0 Å². The third kappa shape index (κ3) is 2.36. The van der Waals surface area contributed by atoms with E-state index in [9.17, 15) is 9.59 Å². The largest absolute Gasteiger partial charge is 0.321 e. The number of aryl methyl sites for hydroxylation is 1. The lowest BCUT2D eigenvalue weighted by Gasteiger charge is -2.23. The molecule has 1 aliphatic heterocycles. The lowest BCUT2D eigenvalue weighted by Crippen LogP contribution is -2.51. The van der Waals surface area contributed by atoms with Gasteiger partial charge in [-0.1, -0.05) is 29.8 Å². The van der Waals surface area contributed by atoms with Crippen LogP contribution in [-0.4, -0.2) is 23.7 Å². The summed E-state index contributed by atoms with van der Waals surface area (Å²) in [6, 6.07) is 7.04. The van der Waals surface area contributed by atoms with E-state index in [0.717, 1.165) is 18.4 Å². The Morgan fingerprint density at radius 2 is 2.10 bits per heavy atom. The Balaban J connectivity index is 1.88. The molecule has 2 unspecified atom stereocenters. The van der Waals surface area contributed by atoms with Crippen LogP contribution < -0.4 is 11.1 Å². The molecule has 3 N–H and O–H groups in total. The molecular formula is C15H17N3O2. The number of hydrogen-bond acceptors (Lipinski definition) is 3. The van der Waals surface area contributed by atoms with Gasteiger partial charge in [-0.25, -0.2) is 0 Å². The van der Waals surface area contributed by atoms with Crippen LogP contribution in [0.1, 0.15) is 29.9 Å². The average molecular weight is 271 g/mol. The second-order valence-corrected chi connectivity index (χ2v) is 5.53. The Morgan fingerprint density at radius 1 is 1.35 bits per heavy atom. The van der Waals surface area contributed by atoms with Gasteiger partial charge in [-0.3, -0.25) is 9.59 Å². The molecule has 2 atom stereocenters. The Morgan fingerprint density at radius 3 is 2.70 bits per heavy atom. The molecule has 0 radical (unpaired) electrons. The van der Waals surface area contributed by atoms with Crippen LogP contribution in [0.5, 0.6) is 0 Å². The van der Waals surface area contributed by atoms with Gasteiger partial charge in [0.15, 0.2) is 0 Å². The van der Waals surface area contributed by atoms with Gasteiger partial charge in [-0.2, -0.15) is 4.99 Å². The molecule has 1 aromatic rings. The molecule has 0 spiro atoms. The maximum Gasteiger partial charge on any atom is 0.264 e. The second kappa shape index (κ2) is 4.83. The molecule has 2 aliphatic rings.